The molecule has 2 fully saturated rings. The summed E-state index contributed by atoms with van der Waals surface area (Å²) in [5, 5.41) is 16.0. The number of piperazine rings is 1. The Morgan fingerprint density at radius 3 is 2.43 bits per heavy atom. The van der Waals surface area contributed by atoms with Crippen molar-refractivity contribution in [1.82, 2.24) is 30.1 Å². The molecule has 0 bridgehead atoms. The lowest BCUT2D eigenvalue weighted by Gasteiger charge is -2.55. The van der Waals surface area contributed by atoms with Crippen LogP contribution < -0.4 is 5.32 Å². The molecule has 3 aromatic carbocycles. The van der Waals surface area contributed by atoms with Crippen molar-refractivity contribution in [1.29, 1.82) is 0 Å². The number of urea groups is 1. The van der Waals surface area contributed by atoms with Crippen LogP contribution in [0.15, 0.2) is 110 Å². The number of nitrogens with zero attached hydrogens (tertiary/aromatic N) is 5. The zero-order valence-electron chi connectivity index (χ0n) is 25.7. The summed E-state index contributed by atoms with van der Waals surface area (Å²) in [6, 6.07) is 26.2. The molecule has 0 aliphatic carbocycles. The molecule has 240 valence electrons. The van der Waals surface area contributed by atoms with Gasteiger partial charge in [0.25, 0.3) is 0 Å². The molecule has 10 nitrogen and oxygen atoms in total. The number of fused-ring (bicyclic) bond motifs is 1. The molecule has 0 spiro atoms. The minimum absolute atomic E-state index is 0.0471. The van der Waals surface area contributed by atoms with E-state index < -0.39 is 18.2 Å². The van der Waals surface area contributed by atoms with Crippen molar-refractivity contribution in [2.45, 2.75) is 31.7 Å². The van der Waals surface area contributed by atoms with Gasteiger partial charge in [-0.1, -0.05) is 54.6 Å². The third kappa shape index (κ3) is 7.00. The molecule has 0 saturated carbocycles. The summed E-state index contributed by atoms with van der Waals surface area (Å²) in [4.78, 5) is 49.9. The van der Waals surface area contributed by atoms with Crippen molar-refractivity contribution in [3.8, 4) is 17.0 Å². The Balaban J connectivity index is 1.34. The van der Waals surface area contributed by atoms with E-state index in [1.165, 1.54) is 34.2 Å². The lowest BCUT2D eigenvalue weighted by atomic mass is 9.98. The van der Waals surface area contributed by atoms with Crippen LogP contribution in [0.4, 0.5) is 9.18 Å². The maximum atomic E-state index is 14.3. The second-order valence-electron chi connectivity index (χ2n) is 11.5. The van der Waals surface area contributed by atoms with Crippen molar-refractivity contribution in [2.75, 3.05) is 19.6 Å². The number of phenolic OH excluding ortho intramolecular Hbond substituents is 1. The van der Waals surface area contributed by atoms with Crippen molar-refractivity contribution in [3.05, 3.63) is 132 Å². The largest absolute Gasteiger partial charge is 0.508 e. The molecule has 2 atom stereocenters. The van der Waals surface area contributed by atoms with E-state index in [2.05, 4.69) is 11.9 Å². The number of pyridine rings is 1. The summed E-state index contributed by atoms with van der Waals surface area (Å²) in [5.74, 6) is -0.820. The van der Waals surface area contributed by atoms with E-state index in [0.717, 1.165) is 16.7 Å². The average Bonchev–Trinajstić information content (AvgIpc) is 3.07. The molecule has 2 aliphatic heterocycles. The molecule has 1 aromatic heterocycles. The van der Waals surface area contributed by atoms with Gasteiger partial charge in [0.2, 0.25) is 11.8 Å². The summed E-state index contributed by atoms with van der Waals surface area (Å²) in [6.45, 7) is 4.41. The number of rotatable bonds is 9. The van der Waals surface area contributed by atoms with Gasteiger partial charge >= 0.3 is 6.03 Å². The molecule has 4 aromatic rings. The Morgan fingerprint density at radius 1 is 0.957 bits per heavy atom. The fourth-order valence-corrected chi connectivity index (χ4v) is 6.10. The maximum absolute atomic E-state index is 14.3. The Labute approximate surface area is 272 Å². The highest BCUT2D eigenvalue weighted by Gasteiger charge is 2.51. The van der Waals surface area contributed by atoms with Gasteiger partial charge in [-0.2, -0.15) is 0 Å². The molecular weight excluding hydrogens is 599 g/mol. The minimum atomic E-state index is -0.915. The summed E-state index contributed by atoms with van der Waals surface area (Å²) >= 11 is 0. The quantitative estimate of drug-likeness (QED) is 0.266. The normalized spacial score (nSPS) is 18.2. The van der Waals surface area contributed by atoms with Crippen LogP contribution in [0.5, 0.6) is 5.75 Å². The number of hydrazine groups is 1. The molecular formula is C36H35FN6O4. The molecule has 11 heteroatoms. The number of hydrogen-bond donors (Lipinski definition) is 2. The number of phenols is 1. The van der Waals surface area contributed by atoms with Gasteiger partial charge in [-0.25, -0.2) is 19.2 Å². The molecule has 6 rings (SSSR count). The number of carbonyl (C=O) groups is 3. The molecule has 4 amide bonds. The summed E-state index contributed by atoms with van der Waals surface area (Å²) in [5.41, 5.74) is 3.62. The molecule has 2 N–H and O–H groups in total. The first kappa shape index (κ1) is 31.4. The van der Waals surface area contributed by atoms with Crippen molar-refractivity contribution >= 4 is 17.8 Å². The highest BCUT2D eigenvalue weighted by molar-refractivity contribution is 5.91. The van der Waals surface area contributed by atoms with Crippen molar-refractivity contribution in [3.63, 3.8) is 0 Å². The first-order valence-corrected chi connectivity index (χ1v) is 15.4. The zero-order valence-corrected chi connectivity index (χ0v) is 25.7. The second-order valence-corrected chi connectivity index (χ2v) is 11.5. The van der Waals surface area contributed by atoms with Gasteiger partial charge in [0.1, 0.15) is 23.8 Å². The van der Waals surface area contributed by atoms with Crippen molar-refractivity contribution < 1.29 is 23.9 Å². The maximum Gasteiger partial charge on any atom is 0.334 e. The third-order valence-electron chi connectivity index (χ3n) is 8.33. The number of benzene rings is 3. The van der Waals surface area contributed by atoms with E-state index in [4.69, 9.17) is 4.98 Å². The van der Waals surface area contributed by atoms with E-state index in [0.29, 0.717) is 11.4 Å². The standard InChI is InChI=1S/C36H35FN6O4/c1-2-19-41-24-34(45)42-32(20-25-11-17-30(44)18-12-25)35(46)40(22-29-9-6-10-31(39-29)27-13-15-28(37)16-14-27)23-33(42)43(41)36(47)38-21-26-7-4-3-5-8-26/h2-18,32-33,44H,1,19-24H2,(H,38,47)/t32-,33?/m0/s1. The fourth-order valence-electron chi connectivity index (χ4n) is 6.10. The Morgan fingerprint density at radius 2 is 1.70 bits per heavy atom. The molecule has 2 saturated heterocycles. The number of carbonyl (C=O) groups excluding carboxylic acids is 3. The predicted octanol–water partition coefficient (Wildman–Crippen LogP) is 4.33. The van der Waals surface area contributed by atoms with E-state index in [-0.39, 0.29) is 62.5 Å². The monoisotopic (exact) mass is 634 g/mol. The topological polar surface area (TPSA) is 109 Å². The lowest BCUT2D eigenvalue weighted by Crippen LogP contribution is -2.76. The van der Waals surface area contributed by atoms with Gasteiger partial charge in [-0.15, -0.1) is 6.58 Å². The SMILES string of the molecule is C=CCN1CC(=O)N2C(CN(Cc3cccc(-c4ccc(F)cc4)n3)C(=O)[C@@H]2Cc2ccc(O)cc2)N1C(=O)NCc1ccccc1. The smallest absolute Gasteiger partial charge is 0.334 e. The fraction of sp³-hybridized carbons (Fsp3) is 0.222. The number of aromatic nitrogens is 1. The number of aromatic hydroxyl groups is 1. The van der Waals surface area contributed by atoms with E-state index in [1.807, 2.05) is 48.5 Å². The van der Waals surface area contributed by atoms with Gasteiger partial charge in [0.05, 0.1) is 31.0 Å². The highest BCUT2D eigenvalue weighted by Crippen LogP contribution is 2.30. The van der Waals surface area contributed by atoms with Gasteiger partial charge in [-0.3, -0.25) is 14.6 Å². The van der Waals surface area contributed by atoms with Crippen LogP contribution in [-0.2, 0) is 29.1 Å². The van der Waals surface area contributed by atoms with E-state index >= 15 is 0 Å². The number of hydrogen-bond acceptors (Lipinski definition) is 6. The van der Waals surface area contributed by atoms with Crippen LogP contribution in [0.25, 0.3) is 11.3 Å². The Hall–Kier alpha value is -5.55. The van der Waals surface area contributed by atoms with Gasteiger partial charge in [0.15, 0.2) is 0 Å². The Bertz CT molecular complexity index is 1750. The van der Waals surface area contributed by atoms with E-state index in [9.17, 15) is 23.9 Å². The van der Waals surface area contributed by atoms with E-state index in [1.54, 1.807) is 40.3 Å². The average molecular weight is 635 g/mol. The van der Waals surface area contributed by atoms with Gasteiger partial charge in [-0.05, 0) is 59.7 Å². The number of amides is 4. The third-order valence-corrected chi connectivity index (χ3v) is 8.33. The van der Waals surface area contributed by atoms with Crippen LogP contribution in [0.1, 0.15) is 16.8 Å². The zero-order chi connectivity index (χ0) is 32.9. The lowest BCUT2D eigenvalue weighted by molar-refractivity contribution is -0.189. The molecule has 1 unspecified atom stereocenters. The van der Waals surface area contributed by atoms with Crippen LogP contribution in [0.3, 0.4) is 0 Å². The number of halogens is 1. The molecule has 3 heterocycles. The van der Waals surface area contributed by atoms with Crippen LogP contribution >= 0.6 is 0 Å². The highest BCUT2D eigenvalue weighted by atomic mass is 19.1. The van der Waals surface area contributed by atoms with Crippen LogP contribution in [0, 0.1) is 5.82 Å². The summed E-state index contributed by atoms with van der Waals surface area (Å²) < 4.78 is 13.6. The van der Waals surface area contributed by atoms with Crippen molar-refractivity contribution in [2.24, 2.45) is 0 Å². The second kappa shape index (κ2) is 13.8. The molecule has 2 aliphatic rings. The predicted molar refractivity (Wildman–Crippen MR) is 174 cm³/mol. The minimum Gasteiger partial charge on any atom is -0.508 e. The number of nitrogens with one attached hydrogen (secondary N) is 1. The van der Waals surface area contributed by atoms with Crippen LogP contribution in [0.2, 0.25) is 0 Å². The van der Waals surface area contributed by atoms with Gasteiger partial charge in [0, 0.05) is 25.1 Å². The molecule has 47 heavy (non-hydrogen) atoms. The van der Waals surface area contributed by atoms with Crippen LogP contribution in [-0.4, -0.2) is 79.6 Å². The van der Waals surface area contributed by atoms with Gasteiger partial charge < -0.3 is 20.2 Å². The first-order valence-electron chi connectivity index (χ1n) is 15.4. The molecule has 0 radical (unpaired) electrons. The Kier molecular flexibility index (Phi) is 9.25. The summed E-state index contributed by atoms with van der Waals surface area (Å²) in [7, 11) is 0. The summed E-state index contributed by atoms with van der Waals surface area (Å²) in [6.07, 6.45) is 0.999. The first-order chi connectivity index (χ1) is 22.8.